The predicted octanol–water partition coefficient (Wildman–Crippen LogP) is 4.72. The topological polar surface area (TPSA) is 92.7 Å². The van der Waals surface area contributed by atoms with Gasteiger partial charge in [-0.15, -0.1) is 11.3 Å². The van der Waals surface area contributed by atoms with E-state index in [1.807, 2.05) is 6.92 Å². The highest BCUT2D eigenvalue weighted by atomic mass is 32.1. The fourth-order valence-corrected chi connectivity index (χ4v) is 6.28. The van der Waals surface area contributed by atoms with E-state index < -0.39 is 23.8 Å². The Labute approximate surface area is 183 Å². The number of carboxylic acid groups (broad SMARTS) is 1. The van der Waals surface area contributed by atoms with Crippen molar-refractivity contribution in [1.29, 1.82) is 0 Å². The van der Waals surface area contributed by atoms with Crippen molar-refractivity contribution in [2.45, 2.75) is 33.1 Å². The summed E-state index contributed by atoms with van der Waals surface area (Å²) < 4.78 is 18.6. The Bertz CT molecular complexity index is 1030. The van der Waals surface area contributed by atoms with Gasteiger partial charge in [-0.2, -0.15) is 0 Å². The smallest absolute Gasteiger partial charge is 0.341 e. The van der Waals surface area contributed by atoms with Gasteiger partial charge < -0.3 is 15.2 Å². The summed E-state index contributed by atoms with van der Waals surface area (Å²) in [6.07, 6.45) is 2.44. The summed E-state index contributed by atoms with van der Waals surface area (Å²) in [7, 11) is 0. The zero-order valence-electron chi connectivity index (χ0n) is 17.3. The van der Waals surface area contributed by atoms with Crippen LogP contribution in [0.2, 0.25) is 0 Å². The van der Waals surface area contributed by atoms with Crippen molar-refractivity contribution < 1.29 is 28.6 Å². The standard InChI is InChI=1S/C23H24FNO5S/c1-3-30-23(29)19-16(12-6-8-15(24)9-7-12)11(2)31-21(19)25-20(26)17-13-4-5-14(10-13)18(17)22(27)28/h6-9,13-14,17-18H,3-5,10H2,1-2H3,(H,25,26)(H,27,28)/t13-,14-,17-,18+/m0/s1. The van der Waals surface area contributed by atoms with E-state index >= 15 is 0 Å². The van der Waals surface area contributed by atoms with Gasteiger partial charge in [0.2, 0.25) is 5.91 Å². The number of rotatable bonds is 6. The number of ether oxygens (including phenoxy) is 1. The molecule has 2 fully saturated rings. The highest BCUT2D eigenvalue weighted by molar-refractivity contribution is 7.17. The van der Waals surface area contributed by atoms with Crippen LogP contribution in [0.3, 0.4) is 0 Å². The van der Waals surface area contributed by atoms with Gasteiger partial charge in [0.15, 0.2) is 0 Å². The number of aliphatic carboxylic acids is 1. The summed E-state index contributed by atoms with van der Waals surface area (Å²) >= 11 is 1.24. The van der Waals surface area contributed by atoms with E-state index in [2.05, 4.69) is 5.32 Å². The number of benzene rings is 1. The first-order valence-corrected chi connectivity index (χ1v) is 11.2. The summed E-state index contributed by atoms with van der Waals surface area (Å²) in [6, 6.07) is 5.78. The van der Waals surface area contributed by atoms with Crippen LogP contribution in [0.1, 0.15) is 41.4 Å². The van der Waals surface area contributed by atoms with E-state index in [-0.39, 0.29) is 35.7 Å². The third-order valence-corrected chi connectivity index (χ3v) is 7.46. The number of nitrogens with one attached hydrogen (secondary N) is 1. The molecule has 2 N–H and O–H groups in total. The third-order valence-electron chi connectivity index (χ3n) is 6.44. The normalized spacial score (nSPS) is 24.2. The summed E-state index contributed by atoms with van der Waals surface area (Å²) in [5.41, 5.74) is 1.45. The van der Waals surface area contributed by atoms with Gasteiger partial charge in [-0.05, 0) is 62.6 Å². The number of esters is 1. The van der Waals surface area contributed by atoms with E-state index in [1.165, 1.54) is 23.5 Å². The number of carboxylic acids is 1. The van der Waals surface area contributed by atoms with Crippen LogP contribution >= 0.6 is 11.3 Å². The highest BCUT2D eigenvalue weighted by Gasteiger charge is 2.54. The number of fused-ring (bicyclic) bond motifs is 2. The van der Waals surface area contributed by atoms with E-state index in [0.29, 0.717) is 16.1 Å². The average Bonchev–Trinajstić information content (AvgIpc) is 3.41. The van der Waals surface area contributed by atoms with E-state index in [0.717, 1.165) is 24.1 Å². The Hall–Kier alpha value is -2.74. The molecule has 2 bridgehead atoms. The molecule has 2 saturated carbocycles. The number of carbonyl (C=O) groups excluding carboxylic acids is 2. The van der Waals surface area contributed by atoms with Crippen molar-refractivity contribution in [1.82, 2.24) is 0 Å². The summed E-state index contributed by atoms with van der Waals surface area (Å²) in [4.78, 5) is 38.6. The molecule has 1 aromatic carbocycles. The minimum Gasteiger partial charge on any atom is -0.481 e. The molecule has 31 heavy (non-hydrogen) atoms. The van der Waals surface area contributed by atoms with Crippen molar-refractivity contribution in [3.63, 3.8) is 0 Å². The molecule has 2 aliphatic carbocycles. The van der Waals surface area contributed by atoms with Gasteiger partial charge in [-0.3, -0.25) is 9.59 Å². The lowest BCUT2D eigenvalue weighted by molar-refractivity contribution is -0.148. The molecule has 2 aliphatic rings. The lowest BCUT2D eigenvalue weighted by Crippen LogP contribution is -2.37. The molecule has 0 spiro atoms. The highest BCUT2D eigenvalue weighted by Crippen LogP contribution is 2.53. The number of halogens is 1. The number of amides is 1. The van der Waals surface area contributed by atoms with E-state index in [9.17, 15) is 23.9 Å². The van der Waals surface area contributed by atoms with Gasteiger partial charge in [0.05, 0.1) is 18.4 Å². The van der Waals surface area contributed by atoms with E-state index in [1.54, 1.807) is 19.1 Å². The van der Waals surface area contributed by atoms with Gasteiger partial charge in [-0.25, -0.2) is 9.18 Å². The summed E-state index contributed by atoms with van der Waals surface area (Å²) in [5.74, 6) is -3.49. The van der Waals surface area contributed by atoms with Crippen molar-refractivity contribution in [3.05, 3.63) is 40.5 Å². The summed E-state index contributed by atoms with van der Waals surface area (Å²) in [6.45, 7) is 3.68. The van der Waals surface area contributed by atoms with Crippen LogP contribution in [-0.2, 0) is 14.3 Å². The zero-order chi connectivity index (χ0) is 22.3. The molecule has 0 unspecified atom stereocenters. The maximum Gasteiger partial charge on any atom is 0.341 e. The van der Waals surface area contributed by atoms with Crippen molar-refractivity contribution in [3.8, 4) is 11.1 Å². The predicted molar refractivity (Wildman–Crippen MR) is 114 cm³/mol. The fourth-order valence-electron chi connectivity index (χ4n) is 5.21. The first-order chi connectivity index (χ1) is 14.8. The quantitative estimate of drug-likeness (QED) is 0.628. The Kier molecular flexibility index (Phi) is 5.83. The second kappa shape index (κ2) is 8.42. The molecular formula is C23H24FNO5S. The van der Waals surface area contributed by atoms with Crippen LogP contribution < -0.4 is 5.32 Å². The van der Waals surface area contributed by atoms with Gasteiger partial charge in [0, 0.05) is 10.4 Å². The molecule has 164 valence electrons. The van der Waals surface area contributed by atoms with Gasteiger partial charge >= 0.3 is 11.9 Å². The van der Waals surface area contributed by atoms with Crippen LogP contribution in [0.4, 0.5) is 9.39 Å². The lowest BCUT2D eigenvalue weighted by Gasteiger charge is -2.26. The molecule has 0 radical (unpaired) electrons. The van der Waals surface area contributed by atoms with Gasteiger partial charge in [-0.1, -0.05) is 12.1 Å². The van der Waals surface area contributed by atoms with Crippen molar-refractivity contribution in [2.24, 2.45) is 23.7 Å². The first-order valence-electron chi connectivity index (χ1n) is 10.4. The fraction of sp³-hybridized carbons (Fsp3) is 0.435. The molecule has 0 saturated heterocycles. The molecule has 1 aromatic heterocycles. The van der Waals surface area contributed by atoms with Crippen molar-refractivity contribution >= 4 is 34.2 Å². The lowest BCUT2D eigenvalue weighted by atomic mass is 9.78. The molecule has 1 heterocycles. The maximum atomic E-state index is 13.4. The van der Waals surface area contributed by atoms with Crippen LogP contribution in [0.15, 0.2) is 24.3 Å². The Morgan fingerprint density at radius 3 is 2.42 bits per heavy atom. The number of hydrogen-bond acceptors (Lipinski definition) is 5. The minimum atomic E-state index is -0.938. The molecule has 2 aromatic rings. The molecular weight excluding hydrogens is 421 g/mol. The van der Waals surface area contributed by atoms with Crippen LogP contribution in [0.25, 0.3) is 11.1 Å². The van der Waals surface area contributed by atoms with Crippen LogP contribution in [0, 0.1) is 36.4 Å². The molecule has 8 heteroatoms. The SMILES string of the molecule is CCOC(=O)c1c(NC(=O)[C@H]2[C@H]3CC[C@@H](C3)[C@H]2C(=O)O)sc(C)c1-c1ccc(F)cc1. The molecule has 0 aliphatic heterocycles. The Morgan fingerprint density at radius 2 is 1.81 bits per heavy atom. The number of carbonyl (C=O) groups is 3. The molecule has 1 amide bonds. The third kappa shape index (κ3) is 3.84. The summed E-state index contributed by atoms with van der Waals surface area (Å²) in [5, 5.41) is 12.9. The van der Waals surface area contributed by atoms with E-state index in [4.69, 9.17) is 4.74 Å². The van der Waals surface area contributed by atoms with Crippen molar-refractivity contribution in [2.75, 3.05) is 11.9 Å². The second-order valence-electron chi connectivity index (χ2n) is 8.18. The van der Waals surface area contributed by atoms with Gasteiger partial charge in [0.1, 0.15) is 16.4 Å². The number of thiophene rings is 1. The average molecular weight is 446 g/mol. The number of aryl methyl sites for hydroxylation is 1. The zero-order valence-corrected chi connectivity index (χ0v) is 18.1. The molecule has 4 rings (SSSR count). The maximum absolute atomic E-state index is 13.4. The largest absolute Gasteiger partial charge is 0.481 e. The number of anilines is 1. The molecule has 6 nitrogen and oxygen atoms in total. The monoisotopic (exact) mass is 445 g/mol. The second-order valence-corrected chi connectivity index (χ2v) is 9.40. The Morgan fingerprint density at radius 1 is 1.16 bits per heavy atom. The Balaban J connectivity index is 1.70. The molecule has 4 atom stereocenters. The first kappa shape index (κ1) is 21.5. The van der Waals surface area contributed by atoms with Crippen LogP contribution in [0.5, 0.6) is 0 Å². The van der Waals surface area contributed by atoms with Gasteiger partial charge in [0.25, 0.3) is 0 Å². The minimum absolute atomic E-state index is 0.0302. The number of hydrogen-bond donors (Lipinski definition) is 2. The van der Waals surface area contributed by atoms with Crippen LogP contribution in [-0.4, -0.2) is 29.6 Å².